The van der Waals surface area contributed by atoms with Crippen LogP contribution < -0.4 is 10.1 Å². The highest BCUT2D eigenvalue weighted by Gasteiger charge is 2.14. The van der Waals surface area contributed by atoms with Crippen molar-refractivity contribution in [1.29, 1.82) is 0 Å². The Kier molecular flexibility index (Phi) is 5.75. The fraction of sp³-hybridized carbons (Fsp3) is 0.136. The van der Waals surface area contributed by atoms with Gasteiger partial charge in [0.2, 0.25) is 11.7 Å². The first kappa shape index (κ1) is 19.3. The third-order valence-electron chi connectivity index (χ3n) is 4.33. The largest absolute Gasteiger partial charge is 0.478 e. The third-order valence-corrected chi connectivity index (χ3v) is 4.33. The molecular formula is C22H20N6O2. The molecule has 0 aliphatic heterocycles. The zero-order valence-corrected chi connectivity index (χ0v) is 16.4. The van der Waals surface area contributed by atoms with Crippen molar-refractivity contribution < 1.29 is 9.53 Å². The summed E-state index contributed by atoms with van der Waals surface area (Å²) in [6.45, 7) is 2.41. The average Bonchev–Trinajstić information content (AvgIpc) is 3.24. The fourth-order valence-corrected chi connectivity index (χ4v) is 2.97. The number of pyridine rings is 2. The number of aromatic nitrogens is 5. The van der Waals surface area contributed by atoms with Crippen molar-refractivity contribution in [2.45, 2.75) is 13.3 Å². The molecular weight excluding hydrogens is 380 g/mol. The van der Waals surface area contributed by atoms with Gasteiger partial charge in [-0.1, -0.05) is 30.3 Å². The summed E-state index contributed by atoms with van der Waals surface area (Å²) in [7, 11) is 0. The summed E-state index contributed by atoms with van der Waals surface area (Å²) in [6.07, 6.45) is 3.86. The van der Waals surface area contributed by atoms with E-state index in [0.717, 1.165) is 16.7 Å². The molecule has 0 spiro atoms. The number of nitrogens with zero attached hydrogens (tertiary/aromatic N) is 4. The minimum atomic E-state index is -0.414. The van der Waals surface area contributed by atoms with E-state index in [1.165, 1.54) is 0 Å². The predicted octanol–water partition coefficient (Wildman–Crippen LogP) is 3.50. The van der Waals surface area contributed by atoms with Crippen molar-refractivity contribution >= 4 is 11.7 Å². The third kappa shape index (κ3) is 4.49. The first-order valence-electron chi connectivity index (χ1n) is 9.54. The van der Waals surface area contributed by atoms with Crippen molar-refractivity contribution in [3.63, 3.8) is 0 Å². The molecule has 1 aromatic carbocycles. The molecule has 3 aromatic heterocycles. The number of carbonyl (C=O) groups is 1. The van der Waals surface area contributed by atoms with Crippen LogP contribution in [0.1, 0.15) is 28.9 Å². The maximum absolute atomic E-state index is 12.6. The molecule has 4 rings (SSSR count). The van der Waals surface area contributed by atoms with E-state index < -0.39 is 5.91 Å². The van der Waals surface area contributed by atoms with E-state index in [2.05, 4.69) is 30.5 Å². The highest BCUT2D eigenvalue weighted by Crippen LogP contribution is 2.28. The lowest BCUT2D eigenvalue weighted by Crippen LogP contribution is -2.14. The molecule has 3 heterocycles. The Balaban J connectivity index is 1.49. The molecule has 0 bridgehead atoms. The lowest BCUT2D eigenvalue weighted by molar-refractivity contribution is 0.101. The minimum absolute atomic E-state index is 0.129. The molecule has 150 valence electrons. The maximum Gasteiger partial charge on any atom is 0.294 e. The van der Waals surface area contributed by atoms with Gasteiger partial charge in [0.15, 0.2) is 0 Å². The van der Waals surface area contributed by atoms with Gasteiger partial charge in [-0.05, 0) is 42.3 Å². The highest BCUT2D eigenvalue weighted by atomic mass is 16.5. The summed E-state index contributed by atoms with van der Waals surface area (Å²) in [5.41, 5.74) is 2.73. The van der Waals surface area contributed by atoms with E-state index in [9.17, 15) is 4.79 Å². The summed E-state index contributed by atoms with van der Waals surface area (Å²) in [6, 6.07) is 17.2. The van der Waals surface area contributed by atoms with E-state index in [0.29, 0.717) is 30.5 Å². The monoisotopic (exact) mass is 400 g/mol. The Bertz CT molecular complexity index is 1140. The molecule has 8 heteroatoms. The number of amides is 1. The number of hydrogen-bond acceptors (Lipinski definition) is 6. The molecule has 0 aliphatic carbocycles. The van der Waals surface area contributed by atoms with Gasteiger partial charge in [-0.2, -0.15) is 0 Å². The Morgan fingerprint density at radius 3 is 2.73 bits per heavy atom. The van der Waals surface area contributed by atoms with Crippen molar-refractivity contribution in [3.8, 4) is 17.0 Å². The number of nitrogens with one attached hydrogen (secondary N) is 2. The zero-order chi connectivity index (χ0) is 20.8. The van der Waals surface area contributed by atoms with Crippen molar-refractivity contribution in [2.75, 3.05) is 11.9 Å². The van der Waals surface area contributed by atoms with Crippen LogP contribution in [0, 0.1) is 0 Å². The molecule has 30 heavy (non-hydrogen) atoms. The zero-order valence-electron chi connectivity index (χ0n) is 16.4. The normalized spacial score (nSPS) is 10.6. The summed E-state index contributed by atoms with van der Waals surface area (Å²) in [5, 5.41) is 10.8. The molecule has 4 aromatic rings. The first-order valence-corrected chi connectivity index (χ1v) is 9.54. The number of benzene rings is 1. The van der Waals surface area contributed by atoms with Crippen LogP contribution in [-0.4, -0.2) is 37.7 Å². The molecule has 2 N–H and O–H groups in total. The van der Waals surface area contributed by atoms with E-state index in [-0.39, 0.29) is 5.82 Å². The van der Waals surface area contributed by atoms with Crippen LogP contribution in [0.4, 0.5) is 5.82 Å². The lowest BCUT2D eigenvalue weighted by atomic mass is 10.1. The number of rotatable bonds is 7. The van der Waals surface area contributed by atoms with Gasteiger partial charge in [-0.3, -0.25) is 4.79 Å². The molecule has 0 saturated heterocycles. The second-order valence-electron chi connectivity index (χ2n) is 6.46. The van der Waals surface area contributed by atoms with Gasteiger partial charge in [0.25, 0.3) is 5.91 Å². The van der Waals surface area contributed by atoms with Crippen LogP contribution in [-0.2, 0) is 6.42 Å². The van der Waals surface area contributed by atoms with Crippen LogP contribution in [0.25, 0.3) is 11.1 Å². The highest BCUT2D eigenvalue weighted by molar-refractivity contribution is 6.01. The van der Waals surface area contributed by atoms with Crippen LogP contribution in [0.3, 0.4) is 0 Å². The smallest absolute Gasteiger partial charge is 0.294 e. The molecule has 0 saturated carbocycles. The molecule has 0 fully saturated rings. The second kappa shape index (κ2) is 8.95. The molecule has 8 nitrogen and oxygen atoms in total. The summed E-state index contributed by atoms with van der Waals surface area (Å²) in [4.78, 5) is 24.0. The van der Waals surface area contributed by atoms with Gasteiger partial charge in [-0.15, -0.1) is 10.2 Å². The SMILES string of the molecule is CCOc1ncccc1-c1ccnc(NC(=O)c2nnc(Cc3ccccc3)[nH]2)c1. The summed E-state index contributed by atoms with van der Waals surface area (Å²) < 4.78 is 5.59. The van der Waals surface area contributed by atoms with Crippen molar-refractivity contribution in [3.05, 3.63) is 84.2 Å². The van der Waals surface area contributed by atoms with Gasteiger partial charge in [-0.25, -0.2) is 9.97 Å². The van der Waals surface area contributed by atoms with Crippen LogP contribution in [0.2, 0.25) is 0 Å². The van der Waals surface area contributed by atoms with E-state index in [4.69, 9.17) is 4.74 Å². The second-order valence-corrected chi connectivity index (χ2v) is 6.46. The Hall–Kier alpha value is -4.07. The topological polar surface area (TPSA) is 106 Å². The Morgan fingerprint density at radius 1 is 1.03 bits per heavy atom. The van der Waals surface area contributed by atoms with E-state index >= 15 is 0 Å². The average molecular weight is 400 g/mol. The lowest BCUT2D eigenvalue weighted by Gasteiger charge is -2.10. The molecule has 0 aliphatic rings. The quantitative estimate of drug-likeness (QED) is 0.492. The number of aromatic amines is 1. The number of ether oxygens (including phenoxy) is 1. The Morgan fingerprint density at radius 2 is 1.90 bits per heavy atom. The molecule has 0 radical (unpaired) electrons. The van der Waals surface area contributed by atoms with Crippen LogP contribution in [0.15, 0.2) is 67.0 Å². The van der Waals surface area contributed by atoms with Gasteiger partial charge in [0, 0.05) is 24.4 Å². The van der Waals surface area contributed by atoms with Crippen LogP contribution in [0.5, 0.6) is 5.88 Å². The summed E-state index contributed by atoms with van der Waals surface area (Å²) >= 11 is 0. The van der Waals surface area contributed by atoms with Gasteiger partial charge < -0.3 is 15.0 Å². The number of anilines is 1. The Labute approximate surface area is 173 Å². The van der Waals surface area contributed by atoms with Crippen LogP contribution >= 0.6 is 0 Å². The number of H-pyrrole nitrogens is 1. The standard InChI is InChI=1S/C22H20N6O2/c1-2-30-22-17(9-6-11-24-22)16-10-12-23-18(14-16)26-21(29)20-25-19(27-28-20)13-15-7-4-3-5-8-15/h3-12,14H,2,13H2,1H3,(H,23,26,29)(H,25,27,28). The van der Waals surface area contributed by atoms with Gasteiger partial charge in [0.05, 0.1) is 6.61 Å². The van der Waals surface area contributed by atoms with Gasteiger partial charge in [0.1, 0.15) is 11.6 Å². The molecule has 0 atom stereocenters. The maximum atomic E-state index is 12.6. The van der Waals surface area contributed by atoms with Crippen molar-refractivity contribution in [2.24, 2.45) is 0 Å². The molecule has 0 unspecified atom stereocenters. The van der Waals surface area contributed by atoms with E-state index in [1.54, 1.807) is 18.5 Å². The molecule has 1 amide bonds. The number of carbonyl (C=O) groups excluding carboxylic acids is 1. The number of hydrogen-bond donors (Lipinski definition) is 2. The fourth-order valence-electron chi connectivity index (χ4n) is 2.97. The van der Waals surface area contributed by atoms with Gasteiger partial charge >= 0.3 is 0 Å². The van der Waals surface area contributed by atoms with Crippen molar-refractivity contribution in [1.82, 2.24) is 25.1 Å². The van der Waals surface area contributed by atoms with E-state index in [1.807, 2.05) is 55.5 Å². The summed E-state index contributed by atoms with van der Waals surface area (Å²) in [5.74, 6) is 1.26. The predicted molar refractivity (Wildman–Crippen MR) is 112 cm³/mol. The minimum Gasteiger partial charge on any atom is -0.478 e. The first-order chi connectivity index (χ1) is 14.7.